The molecule has 0 saturated carbocycles. The van der Waals surface area contributed by atoms with Crippen molar-refractivity contribution in [2.75, 3.05) is 0 Å². The van der Waals surface area contributed by atoms with E-state index in [0.717, 1.165) is 0 Å². The number of rotatable bonds is 0. The maximum atomic E-state index is 6.25. The van der Waals surface area contributed by atoms with Gasteiger partial charge in [-0.2, -0.15) is 11.4 Å². The first-order valence-electron chi connectivity index (χ1n) is 1.62. The summed E-state index contributed by atoms with van der Waals surface area (Å²) in [7, 11) is 0. The summed E-state index contributed by atoms with van der Waals surface area (Å²) in [5.41, 5.74) is 0. The van der Waals surface area contributed by atoms with Gasteiger partial charge in [-0.3, -0.25) is 0 Å². The fourth-order valence-corrected chi connectivity index (χ4v) is 0.589. The zero-order valence-corrected chi connectivity index (χ0v) is 5.65. The van der Waals surface area contributed by atoms with Crippen LogP contribution in [0.4, 0.5) is 0 Å². The molecule has 3 heteroatoms. The Balaban J connectivity index is 0. The van der Waals surface area contributed by atoms with E-state index >= 15 is 0 Å². The first-order valence-corrected chi connectivity index (χ1v) is 2.50. The van der Waals surface area contributed by atoms with Crippen LogP contribution in [0.3, 0.4) is 0 Å². The quantitative estimate of drug-likeness (QED) is 0.431. The van der Waals surface area contributed by atoms with Gasteiger partial charge in [0, 0.05) is 0 Å². The van der Waals surface area contributed by atoms with E-state index in [-0.39, 0.29) is 17.1 Å². The first-order chi connectivity index (χ1) is 3.50. The molecule has 0 aliphatic heterocycles. The van der Waals surface area contributed by atoms with Crippen molar-refractivity contribution >= 4 is 11.3 Å². The van der Waals surface area contributed by atoms with Gasteiger partial charge in [-0.15, -0.1) is 5.38 Å². The number of nitrogens with zero attached hydrogens (tertiary/aromatic N) is 1. The minimum absolute atomic E-state index is 0. The van der Waals surface area contributed by atoms with E-state index in [4.69, 9.17) is 11.8 Å². The summed E-state index contributed by atoms with van der Waals surface area (Å²) in [4.78, 5) is 0. The van der Waals surface area contributed by atoms with Gasteiger partial charge in [0.15, 0.2) is 0 Å². The van der Waals surface area contributed by atoms with Crippen LogP contribution in [-0.2, 0) is 17.1 Å². The Bertz CT molecular complexity index is 96.0. The van der Waals surface area contributed by atoms with Gasteiger partial charge >= 0.3 is 17.1 Å². The van der Waals surface area contributed by atoms with Gasteiger partial charge in [0.25, 0.3) is 0 Å². The molecule has 0 saturated heterocycles. The fourth-order valence-electron chi connectivity index (χ4n) is 0.196. The predicted molar refractivity (Wildman–Crippen MR) is 28.1 cm³/mol. The van der Waals surface area contributed by atoms with Crippen molar-refractivity contribution in [2.45, 2.75) is 0 Å². The number of thiophene rings is 1. The van der Waals surface area contributed by atoms with Gasteiger partial charge in [0.2, 0.25) is 0 Å². The normalized spacial score (nSPS) is 5.25. The van der Waals surface area contributed by atoms with E-state index in [1.807, 2.05) is 17.5 Å². The Morgan fingerprint density at radius 3 is 2.25 bits per heavy atom. The van der Waals surface area contributed by atoms with E-state index in [0.29, 0.717) is 0 Å². The maximum absolute atomic E-state index is 6.25. The smallest absolute Gasteiger partial charge is 0.512 e. The zero-order chi connectivity index (χ0) is 5.54. The second kappa shape index (κ2) is 9.86. The topological polar surface area (TPSA) is 23.8 Å². The van der Waals surface area contributed by atoms with Crippen molar-refractivity contribution in [3.05, 3.63) is 29.5 Å². The van der Waals surface area contributed by atoms with Crippen LogP contribution in [0.15, 0.2) is 17.5 Å². The Morgan fingerprint density at radius 1 is 1.50 bits per heavy atom. The first kappa shape index (κ1) is 10.6. The molecular formula is C5H3CuNS. The fraction of sp³-hybridized carbons (Fsp3) is 0. The molecule has 1 nitrogen and oxygen atoms in total. The standard InChI is InChI=1S/C4H3S.CN.Cu/c1-2-4-5-3-1;1-2;/h1-3H;;/q2*-1;+2. The molecule has 0 N–H and O–H groups in total. The summed E-state index contributed by atoms with van der Waals surface area (Å²) in [5, 5.41) is 11.1. The molecule has 1 radical (unpaired) electrons. The van der Waals surface area contributed by atoms with Gasteiger partial charge in [-0.05, 0) is 0 Å². The molecule has 8 heavy (non-hydrogen) atoms. The Hall–Kier alpha value is -0.291. The van der Waals surface area contributed by atoms with Crippen LogP contribution in [0.25, 0.3) is 0 Å². The van der Waals surface area contributed by atoms with Crippen LogP contribution in [0.1, 0.15) is 0 Å². The summed E-state index contributed by atoms with van der Waals surface area (Å²) in [5.74, 6) is 0. The molecular weight excluding hydrogens is 170 g/mol. The molecule has 0 fully saturated rings. The summed E-state index contributed by atoms with van der Waals surface area (Å²) in [6.45, 7) is 4.75. The van der Waals surface area contributed by atoms with E-state index in [1.54, 1.807) is 11.3 Å². The summed E-state index contributed by atoms with van der Waals surface area (Å²) in [6.07, 6.45) is 0. The van der Waals surface area contributed by atoms with E-state index in [9.17, 15) is 0 Å². The molecule has 1 aromatic heterocycles. The van der Waals surface area contributed by atoms with Crippen LogP contribution in [0, 0.1) is 17.2 Å². The number of hydrogen-bond donors (Lipinski definition) is 0. The van der Waals surface area contributed by atoms with Crippen LogP contribution in [-0.4, -0.2) is 0 Å². The maximum Gasteiger partial charge on any atom is 2.00 e. The molecule has 0 unspecified atom stereocenters. The third kappa shape index (κ3) is 5.71. The molecule has 0 aliphatic rings. The SMILES string of the molecule is [C-]#N.[Cu+2].[c-]1cccs1. The molecule has 0 amide bonds. The minimum atomic E-state index is 0. The van der Waals surface area contributed by atoms with Crippen LogP contribution < -0.4 is 0 Å². The minimum Gasteiger partial charge on any atom is -0.512 e. The van der Waals surface area contributed by atoms with Gasteiger partial charge in [0.1, 0.15) is 0 Å². The Labute approximate surface area is 63.4 Å². The molecule has 1 rings (SSSR count). The van der Waals surface area contributed by atoms with Crippen molar-refractivity contribution < 1.29 is 17.1 Å². The number of hydrogen-bond acceptors (Lipinski definition) is 2. The Kier molecular flexibility index (Phi) is 13.1. The van der Waals surface area contributed by atoms with Crippen LogP contribution in [0.2, 0.25) is 0 Å². The monoisotopic (exact) mass is 172 g/mol. The van der Waals surface area contributed by atoms with E-state index in [1.165, 1.54) is 0 Å². The molecule has 1 aromatic rings. The second-order valence-corrected chi connectivity index (χ2v) is 1.47. The van der Waals surface area contributed by atoms with E-state index < -0.39 is 0 Å². The van der Waals surface area contributed by atoms with Crippen molar-refractivity contribution in [1.82, 2.24) is 0 Å². The molecule has 0 bridgehead atoms. The van der Waals surface area contributed by atoms with Crippen molar-refractivity contribution in [3.8, 4) is 0 Å². The second-order valence-electron chi connectivity index (χ2n) is 0.731. The van der Waals surface area contributed by atoms with Crippen molar-refractivity contribution in [1.29, 1.82) is 5.26 Å². The zero-order valence-electron chi connectivity index (χ0n) is 3.89. The molecule has 0 spiro atoms. The van der Waals surface area contributed by atoms with Gasteiger partial charge in [-0.1, -0.05) is 0 Å². The third-order valence-electron chi connectivity index (χ3n) is 0.379. The van der Waals surface area contributed by atoms with Gasteiger partial charge < -0.3 is 23.2 Å². The predicted octanol–water partition coefficient (Wildman–Crippen LogP) is 1.64. The summed E-state index contributed by atoms with van der Waals surface area (Å²) < 4.78 is 0. The molecule has 0 aromatic carbocycles. The van der Waals surface area contributed by atoms with Gasteiger partial charge in [0.05, 0.1) is 0 Å². The summed E-state index contributed by atoms with van der Waals surface area (Å²) >= 11 is 1.59. The Morgan fingerprint density at radius 2 is 2.12 bits per heavy atom. The third-order valence-corrected chi connectivity index (χ3v) is 0.944. The van der Waals surface area contributed by atoms with Crippen LogP contribution in [0.5, 0.6) is 0 Å². The molecule has 0 atom stereocenters. The molecule has 1 heterocycles. The molecule has 45 valence electrons. The summed E-state index contributed by atoms with van der Waals surface area (Å²) in [6, 6.07) is 3.86. The average Bonchev–Trinajstić information content (AvgIpc) is 2.23. The van der Waals surface area contributed by atoms with Crippen LogP contribution >= 0.6 is 11.3 Å². The molecule has 0 aliphatic carbocycles. The van der Waals surface area contributed by atoms with E-state index in [2.05, 4.69) is 5.38 Å². The van der Waals surface area contributed by atoms with Crippen molar-refractivity contribution in [2.24, 2.45) is 0 Å². The van der Waals surface area contributed by atoms with Gasteiger partial charge in [-0.25, -0.2) is 6.07 Å². The largest absolute Gasteiger partial charge is 2.00 e. The average molecular weight is 173 g/mol. The van der Waals surface area contributed by atoms with Crippen molar-refractivity contribution in [3.63, 3.8) is 0 Å².